The largest absolute Gasteiger partial charge is 0.472 e. The smallest absolute Gasteiger partial charge is 0.260 e. The number of aryl methyl sites for hydroxylation is 1. The molecule has 1 aromatic carbocycles. The van der Waals surface area contributed by atoms with Crippen LogP contribution in [0.3, 0.4) is 0 Å². The van der Waals surface area contributed by atoms with Gasteiger partial charge in [0.1, 0.15) is 6.26 Å². The monoisotopic (exact) mass is 396 g/mol. The summed E-state index contributed by atoms with van der Waals surface area (Å²) in [4.78, 5) is 32.2. The van der Waals surface area contributed by atoms with Crippen LogP contribution in [0, 0.1) is 6.92 Å². The first-order chi connectivity index (χ1) is 13.6. The van der Waals surface area contributed by atoms with Crippen molar-refractivity contribution in [1.82, 2.24) is 9.88 Å². The van der Waals surface area contributed by atoms with Crippen molar-refractivity contribution in [3.05, 3.63) is 64.6 Å². The van der Waals surface area contributed by atoms with Crippen LogP contribution >= 0.6 is 11.3 Å². The lowest BCUT2D eigenvalue weighted by Gasteiger charge is -2.25. The minimum Gasteiger partial charge on any atom is -0.472 e. The molecule has 0 bridgehead atoms. The van der Waals surface area contributed by atoms with Crippen LogP contribution in [0.25, 0.3) is 0 Å². The van der Waals surface area contributed by atoms with E-state index < -0.39 is 0 Å². The molecule has 2 amide bonds. The molecule has 8 heteroatoms. The molecule has 0 spiro atoms. The average Bonchev–Trinajstić information content (AvgIpc) is 3.30. The summed E-state index contributed by atoms with van der Waals surface area (Å²) in [6.45, 7) is 3.72. The van der Waals surface area contributed by atoms with Crippen LogP contribution < -0.4 is 10.6 Å². The van der Waals surface area contributed by atoms with Gasteiger partial charge in [-0.15, -0.1) is 11.3 Å². The van der Waals surface area contributed by atoms with Crippen molar-refractivity contribution in [2.24, 2.45) is 0 Å². The zero-order valence-electron chi connectivity index (χ0n) is 15.4. The fourth-order valence-corrected chi connectivity index (χ4v) is 4.17. The number of anilines is 2. The number of thiazole rings is 1. The Labute approximate surface area is 166 Å². The molecule has 2 N–H and O–H groups in total. The Morgan fingerprint density at radius 1 is 1.29 bits per heavy atom. The fraction of sp³-hybridized carbons (Fsp3) is 0.250. The topological polar surface area (TPSA) is 87.5 Å². The highest BCUT2D eigenvalue weighted by molar-refractivity contribution is 7.15. The van der Waals surface area contributed by atoms with E-state index >= 15 is 0 Å². The van der Waals surface area contributed by atoms with Gasteiger partial charge in [-0.25, -0.2) is 4.98 Å². The second kappa shape index (κ2) is 7.95. The predicted molar refractivity (Wildman–Crippen MR) is 108 cm³/mol. The molecule has 2 aromatic heterocycles. The number of carbonyl (C=O) groups is 2. The third kappa shape index (κ3) is 4.29. The van der Waals surface area contributed by atoms with E-state index in [0.717, 1.165) is 34.8 Å². The summed E-state index contributed by atoms with van der Waals surface area (Å²) in [5, 5.41) is 6.32. The van der Waals surface area contributed by atoms with Crippen LogP contribution in [0.5, 0.6) is 0 Å². The van der Waals surface area contributed by atoms with Crippen molar-refractivity contribution in [2.45, 2.75) is 19.9 Å². The second-order valence-electron chi connectivity index (χ2n) is 6.73. The van der Waals surface area contributed by atoms with Gasteiger partial charge in [-0.2, -0.15) is 0 Å². The van der Waals surface area contributed by atoms with Crippen molar-refractivity contribution in [3.8, 4) is 0 Å². The van der Waals surface area contributed by atoms with Gasteiger partial charge in [-0.3, -0.25) is 19.8 Å². The average molecular weight is 396 g/mol. The van der Waals surface area contributed by atoms with Gasteiger partial charge < -0.3 is 9.73 Å². The Bertz CT molecular complexity index is 997. The molecule has 4 rings (SSSR count). The Balaban J connectivity index is 1.35. The zero-order valence-corrected chi connectivity index (χ0v) is 16.2. The Kier molecular flexibility index (Phi) is 5.23. The maximum atomic E-state index is 12.4. The van der Waals surface area contributed by atoms with E-state index in [1.165, 1.54) is 23.9 Å². The summed E-state index contributed by atoms with van der Waals surface area (Å²) in [7, 11) is 0. The first kappa shape index (κ1) is 18.4. The molecular formula is C20H20N4O3S. The maximum absolute atomic E-state index is 12.4. The van der Waals surface area contributed by atoms with Gasteiger partial charge in [0.25, 0.3) is 5.91 Å². The lowest BCUT2D eigenvalue weighted by atomic mass is 10.2. The molecule has 0 unspecified atom stereocenters. The molecule has 0 saturated heterocycles. The third-order valence-corrected chi connectivity index (χ3v) is 5.48. The molecule has 28 heavy (non-hydrogen) atoms. The molecule has 0 fully saturated rings. The molecule has 3 aromatic rings. The molecule has 0 radical (unpaired) electrons. The lowest BCUT2D eigenvalue weighted by Crippen LogP contribution is -2.36. The highest BCUT2D eigenvalue weighted by Crippen LogP contribution is 2.28. The Morgan fingerprint density at radius 2 is 2.18 bits per heavy atom. The normalized spacial score (nSPS) is 13.8. The van der Waals surface area contributed by atoms with Crippen LogP contribution in [0.1, 0.15) is 26.5 Å². The van der Waals surface area contributed by atoms with Gasteiger partial charge in [0.05, 0.1) is 24.1 Å². The summed E-state index contributed by atoms with van der Waals surface area (Å²) in [6.07, 6.45) is 3.62. The standard InChI is InChI=1S/C20H20N4O3S/c1-13-3-2-4-15(9-13)21-18(25)11-24-7-5-16-17(10-24)28-20(22-16)23-19(26)14-6-8-27-12-14/h2-4,6,8-9,12H,5,7,10-11H2,1H3,(H,21,25)(H,22,23,26). The van der Waals surface area contributed by atoms with E-state index in [1.54, 1.807) is 6.07 Å². The quantitative estimate of drug-likeness (QED) is 0.691. The fourth-order valence-electron chi connectivity index (χ4n) is 3.13. The van der Waals surface area contributed by atoms with Gasteiger partial charge in [0, 0.05) is 30.1 Å². The van der Waals surface area contributed by atoms with E-state index in [-0.39, 0.29) is 11.8 Å². The van der Waals surface area contributed by atoms with Crippen LogP contribution in [0.4, 0.5) is 10.8 Å². The van der Waals surface area contributed by atoms with Crippen molar-refractivity contribution in [2.75, 3.05) is 23.7 Å². The second-order valence-corrected chi connectivity index (χ2v) is 7.82. The number of rotatable bonds is 5. The molecule has 1 aliphatic heterocycles. The molecule has 0 saturated carbocycles. The number of hydrogen-bond acceptors (Lipinski definition) is 6. The van der Waals surface area contributed by atoms with Crippen molar-refractivity contribution in [3.63, 3.8) is 0 Å². The molecule has 1 aliphatic rings. The summed E-state index contributed by atoms with van der Waals surface area (Å²) in [6, 6.07) is 9.36. The van der Waals surface area contributed by atoms with E-state index in [2.05, 4.69) is 20.5 Å². The van der Waals surface area contributed by atoms with Gasteiger partial charge in [-0.1, -0.05) is 12.1 Å². The first-order valence-corrected chi connectivity index (χ1v) is 9.79. The van der Waals surface area contributed by atoms with E-state index in [4.69, 9.17) is 4.42 Å². The summed E-state index contributed by atoms with van der Waals surface area (Å²) >= 11 is 1.45. The van der Waals surface area contributed by atoms with Crippen LogP contribution in [-0.4, -0.2) is 34.8 Å². The number of amides is 2. The number of hydrogen-bond donors (Lipinski definition) is 2. The molecule has 144 valence electrons. The van der Waals surface area contributed by atoms with Crippen molar-refractivity contribution in [1.29, 1.82) is 0 Å². The third-order valence-electron chi connectivity index (χ3n) is 4.48. The number of fused-ring (bicyclic) bond motifs is 1. The van der Waals surface area contributed by atoms with E-state index in [0.29, 0.717) is 23.8 Å². The number of nitrogens with zero attached hydrogens (tertiary/aromatic N) is 2. The minimum absolute atomic E-state index is 0.0351. The molecule has 7 nitrogen and oxygen atoms in total. The van der Waals surface area contributed by atoms with E-state index in [1.807, 2.05) is 31.2 Å². The van der Waals surface area contributed by atoms with Crippen LogP contribution in [-0.2, 0) is 17.8 Å². The number of nitrogens with one attached hydrogen (secondary N) is 2. The SMILES string of the molecule is Cc1cccc(NC(=O)CN2CCc3nc(NC(=O)c4ccoc4)sc3C2)c1. The van der Waals surface area contributed by atoms with E-state index in [9.17, 15) is 9.59 Å². The first-order valence-electron chi connectivity index (χ1n) is 8.98. The van der Waals surface area contributed by atoms with Crippen LogP contribution in [0.2, 0.25) is 0 Å². The molecule has 0 atom stereocenters. The highest BCUT2D eigenvalue weighted by atomic mass is 32.1. The number of furan rings is 1. The Hall–Kier alpha value is -2.97. The van der Waals surface area contributed by atoms with Crippen LogP contribution in [0.15, 0.2) is 47.3 Å². The zero-order chi connectivity index (χ0) is 19.5. The van der Waals surface area contributed by atoms with Gasteiger partial charge in [-0.05, 0) is 30.7 Å². The van der Waals surface area contributed by atoms with Gasteiger partial charge in [0.2, 0.25) is 5.91 Å². The molecular weight excluding hydrogens is 376 g/mol. The maximum Gasteiger partial charge on any atom is 0.260 e. The van der Waals surface area contributed by atoms with Crippen molar-refractivity contribution >= 4 is 34.0 Å². The number of benzene rings is 1. The van der Waals surface area contributed by atoms with Gasteiger partial charge >= 0.3 is 0 Å². The van der Waals surface area contributed by atoms with Gasteiger partial charge in [0.15, 0.2) is 5.13 Å². The highest BCUT2D eigenvalue weighted by Gasteiger charge is 2.23. The number of aromatic nitrogens is 1. The molecule has 0 aliphatic carbocycles. The minimum atomic E-state index is -0.241. The van der Waals surface area contributed by atoms with Crippen molar-refractivity contribution < 1.29 is 14.0 Å². The summed E-state index contributed by atoms with van der Waals surface area (Å²) in [5.41, 5.74) is 3.37. The lowest BCUT2D eigenvalue weighted by molar-refractivity contribution is -0.117. The predicted octanol–water partition coefficient (Wildman–Crippen LogP) is 3.29. The summed E-state index contributed by atoms with van der Waals surface area (Å²) < 4.78 is 4.93. The Morgan fingerprint density at radius 3 is 2.96 bits per heavy atom. The number of carbonyl (C=O) groups excluding carboxylic acids is 2. The molecule has 3 heterocycles. The summed E-state index contributed by atoms with van der Waals surface area (Å²) in [5.74, 6) is -0.277.